The Morgan fingerprint density at radius 3 is 2.12 bits per heavy atom. The molecule has 0 aliphatic heterocycles. The van der Waals surface area contributed by atoms with Crippen LogP contribution in [0.1, 0.15) is 34.7 Å². The van der Waals surface area contributed by atoms with Gasteiger partial charge >= 0.3 is 0 Å². The lowest BCUT2D eigenvalue weighted by molar-refractivity contribution is -0.133. The zero-order valence-electron chi connectivity index (χ0n) is 12.7. The van der Waals surface area contributed by atoms with Crippen LogP contribution in [0, 0.1) is 5.92 Å². The van der Waals surface area contributed by atoms with Crippen molar-refractivity contribution in [3.05, 3.63) is 69.7 Å². The molecule has 1 fully saturated rings. The fourth-order valence-electron chi connectivity index (χ4n) is 3.09. The van der Waals surface area contributed by atoms with E-state index in [-0.39, 0.29) is 30.3 Å². The molecule has 0 atom stereocenters. The van der Waals surface area contributed by atoms with Gasteiger partial charge < -0.3 is 0 Å². The highest BCUT2D eigenvalue weighted by Crippen LogP contribution is 2.37. The van der Waals surface area contributed by atoms with Crippen molar-refractivity contribution >= 4 is 40.6 Å². The summed E-state index contributed by atoms with van der Waals surface area (Å²) < 4.78 is 0. The van der Waals surface area contributed by atoms with Gasteiger partial charge in [-0.2, -0.15) is 0 Å². The van der Waals surface area contributed by atoms with E-state index in [9.17, 15) is 14.4 Å². The molecule has 0 unspecified atom stereocenters. The average Bonchev–Trinajstić information content (AvgIpc) is 2.54. The SMILES string of the molecule is O=C1CC(c2ccc(Cl)cc2Cl)CC(=O)C1C(=O)c1ccccc1. The van der Waals surface area contributed by atoms with Crippen molar-refractivity contribution in [2.75, 3.05) is 0 Å². The van der Waals surface area contributed by atoms with E-state index in [1.807, 2.05) is 0 Å². The van der Waals surface area contributed by atoms with Gasteiger partial charge in [-0.05, 0) is 23.6 Å². The molecule has 0 saturated heterocycles. The van der Waals surface area contributed by atoms with E-state index in [0.717, 1.165) is 0 Å². The Morgan fingerprint density at radius 1 is 0.917 bits per heavy atom. The van der Waals surface area contributed by atoms with Gasteiger partial charge in [0, 0.05) is 28.5 Å². The summed E-state index contributed by atoms with van der Waals surface area (Å²) >= 11 is 12.1. The molecule has 2 aromatic carbocycles. The van der Waals surface area contributed by atoms with Crippen LogP contribution < -0.4 is 0 Å². The largest absolute Gasteiger partial charge is 0.298 e. The number of Topliss-reactive ketones (excluding diaryl/α,β-unsaturated/α-hetero) is 3. The molecule has 0 aromatic heterocycles. The Bertz CT molecular complexity index is 797. The van der Waals surface area contributed by atoms with Gasteiger partial charge in [-0.25, -0.2) is 0 Å². The number of hydrogen-bond donors (Lipinski definition) is 0. The number of hydrogen-bond acceptors (Lipinski definition) is 3. The second kappa shape index (κ2) is 6.88. The van der Waals surface area contributed by atoms with Crippen molar-refractivity contribution in [1.82, 2.24) is 0 Å². The molecule has 0 spiro atoms. The second-order valence-electron chi connectivity index (χ2n) is 5.87. The molecule has 2 aromatic rings. The quantitative estimate of drug-likeness (QED) is 0.597. The Labute approximate surface area is 149 Å². The summed E-state index contributed by atoms with van der Waals surface area (Å²) in [6, 6.07) is 13.4. The molecular weight excluding hydrogens is 347 g/mol. The predicted octanol–water partition coefficient (Wildman–Crippen LogP) is 4.51. The second-order valence-corrected chi connectivity index (χ2v) is 6.71. The zero-order valence-corrected chi connectivity index (χ0v) is 14.2. The van der Waals surface area contributed by atoms with Crippen LogP contribution in [0.5, 0.6) is 0 Å². The van der Waals surface area contributed by atoms with Crippen LogP contribution in [-0.2, 0) is 9.59 Å². The van der Waals surface area contributed by atoms with Crippen LogP contribution in [0.25, 0.3) is 0 Å². The van der Waals surface area contributed by atoms with E-state index >= 15 is 0 Å². The lowest BCUT2D eigenvalue weighted by Crippen LogP contribution is -2.38. The van der Waals surface area contributed by atoms with Crippen molar-refractivity contribution in [2.24, 2.45) is 5.92 Å². The molecule has 1 saturated carbocycles. The summed E-state index contributed by atoms with van der Waals surface area (Å²) in [5, 5.41) is 0.926. The molecular formula is C19H14Cl2O3. The topological polar surface area (TPSA) is 51.2 Å². The normalized spacial score (nSPS) is 20.9. The van der Waals surface area contributed by atoms with Gasteiger partial charge in [-0.3, -0.25) is 14.4 Å². The minimum Gasteiger partial charge on any atom is -0.298 e. The number of ketones is 3. The molecule has 0 heterocycles. The first-order valence-corrected chi connectivity index (χ1v) is 8.32. The smallest absolute Gasteiger partial charge is 0.180 e. The monoisotopic (exact) mass is 360 g/mol. The van der Waals surface area contributed by atoms with E-state index in [1.165, 1.54) is 0 Å². The van der Waals surface area contributed by atoms with E-state index in [0.29, 0.717) is 21.2 Å². The maximum atomic E-state index is 12.5. The Hall–Kier alpha value is -1.97. The van der Waals surface area contributed by atoms with E-state index in [2.05, 4.69) is 0 Å². The number of carbonyl (C=O) groups excluding carboxylic acids is 3. The third-order valence-corrected chi connectivity index (χ3v) is 4.82. The minimum absolute atomic E-state index is 0.121. The summed E-state index contributed by atoms with van der Waals surface area (Å²) in [6.45, 7) is 0. The molecule has 24 heavy (non-hydrogen) atoms. The summed E-state index contributed by atoms with van der Waals surface area (Å²) in [5.41, 5.74) is 1.10. The number of carbonyl (C=O) groups is 3. The third kappa shape index (κ3) is 3.28. The zero-order chi connectivity index (χ0) is 17.3. The first-order chi connectivity index (χ1) is 11.5. The molecule has 122 valence electrons. The summed E-state index contributed by atoms with van der Waals surface area (Å²) in [5.74, 6) is -2.64. The molecule has 0 bridgehead atoms. The van der Waals surface area contributed by atoms with E-state index < -0.39 is 11.7 Å². The lowest BCUT2D eigenvalue weighted by Gasteiger charge is -2.26. The van der Waals surface area contributed by atoms with Gasteiger partial charge in [-0.15, -0.1) is 0 Å². The fraction of sp³-hybridized carbons (Fsp3) is 0.211. The lowest BCUT2D eigenvalue weighted by atomic mass is 9.74. The molecule has 0 amide bonds. The molecule has 0 N–H and O–H groups in total. The Morgan fingerprint density at radius 2 is 1.54 bits per heavy atom. The van der Waals surface area contributed by atoms with E-state index in [4.69, 9.17) is 23.2 Å². The highest BCUT2D eigenvalue weighted by atomic mass is 35.5. The van der Waals surface area contributed by atoms with Crippen molar-refractivity contribution in [2.45, 2.75) is 18.8 Å². The van der Waals surface area contributed by atoms with Crippen LogP contribution >= 0.6 is 23.2 Å². The molecule has 0 radical (unpaired) electrons. The van der Waals surface area contributed by atoms with E-state index in [1.54, 1.807) is 48.5 Å². The van der Waals surface area contributed by atoms with Gasteiger partial charge in [0.15, 0.2) is 17.3 Å². The highest BCUT2D eigenvalue weighted by Gasteiger charge is 2.41. The van der Waals surface area contributed by atoms with Crippen molar-refractivity contribution in [3.63, 3.8) is 0 Å². The standard InChI is InChI=1S/C19H14Cl2O3/c20-13-6-7-14(15(21)10-13)12-8-16(22)18(17(23)9-12)19(24)11-4-2-1-3-5-11/h1-7,10,12,18H,8-9H2. The molecule has 1 aliphatic carbocycles. The summed E-state index contributed by atoms with van der Waals surface area (Å²) in [7, 11) is 0. The maximum absolute atomic E-state index is 12.5. The van der Waals surface area contributed by atoms with Crippen LogP contribution in [-0.4, -0.2) is 17.3 Å². The Balaban J connectivity index is 1.84. The van der Waals surface area contributed by atoms with Gasteiger partial charge in [0.25, 0.3) is 0 Å². The summed E-state index contributed by atoms with van der Waals surface area (Å²) in [4.78, 5) is 37.4. The molecule has 1 aliphatic rings. The van der Waals surface area contributed by atoms with Gasteiger partial charge in [0.1, 0.15) is 5.92 Å². The first kappa shape index (κ1) is 16.9. The first-order valence-electron chi connectivity index (χ1n) is 7.57. The number of halogens is 2. The minimum atomic E-state index is -1.20. The average molecular weight is 361 g/mol. The van der Waals surface area contributed by atoms with Crippen molar-refractivity contribution < 1.29 is 14.4 Å². The van der Waals surface area contributed by atoms with Gasteiger partial charge in [-0.1, -0.05) is 59.6 Å². The van der Waals surface area contributed by atoms with Crippen LogP contribution in [0.3, 0.4) is 0 Å². The van der Waals surface area contributed by atoms with Crippen LogP contribution in [0.2, 0.25) is 10.0 Å². The van der Waals surface area contributed by atoms with Gasteiger partial charge in [0.05, 0.1) is 0 Å². The van der Waals surface area contributed by atoms with Crippen molar-refractivity contribution in [1.29, 1.82) is 0 Å². The van der Waals surface area contributed by atoms with Crippen LogP contribution in [0.15, 0.2) is 48.5 Å². The number of rotatable bonds is 3. The third-order valence-electron chi connectivity index (χ3n) is 4.26. The van der Waals surface area contributed by atoms with Crippen LogP contribution in [0.4, 0.5) is 0 Å². The summed E-state index contributed by atoms with van der Waals surface area (Å²) in [6.07, 6.45) is 0.243. The molecule has 3 rings (SSSR count). The molecule has 3 nitrogen and oxygen atoms in total. The maximum Gasteiger partial charge on any atom is 0.180 e. The fourth-order valence-corrected chi connectivity index (χ4v) is 3.65. The Kier molecular flexibility index (Phi) is 4.83. The molecule has 5 heteroatoms. The number of benzene rings is 2. The highest BCUT2D eigenvalue weighted by molar-refractivity contribution is 6.35. The van der Waals surface area contributed by atoms with Crippen molar-refractivity contribution in [3.8, 4) is 0 Å². The van der Waals surface area contributed by atoms with Gasteiger partial charge in [0.2, 0.25) is 0 Å². The predicted molar refractivity (Wildman–Crippen MR) is 92.7 cm³/mol.